The summed E-state index contributed by atoms with van der Waals surface area (Å²) < 4.78 is 12.4. The summed E-state index contributed by atoms with van der Waals surface area (Å²) in [6.07, 6.45) is 3.18. The van der Waals surface area contributed by atoms with Crippen LogP contribution in [0.5, 0.6) is 11.5 Å². The largest absolute Gasteiger partial charge is 0.490 e. The van der Waals surface area contributed by atoms with Gasteiger partial charge in [0.25, 0.3) is 0 Å². The zero-order chi connectivity index (χ0) is 13.8. The van der Waals surface area contributed by atoms with Crippen molar-refractivity contribution in [2.45, 2.75) is 38.5 Å². The monoisotopic (exact) mass is 346 g/mol. The lowest BCUT2D eigenvalue weighted by molar-refractivity contribution is 0.297. The smallest absolute Gasteiger partial charge is 0.162 e. The number of benzene rings is 1. The lowest BCUT2D eigenvalue weighted by atomic mass is 9.96. The molecule has 0 spiro atoms. The molecular weight excluding hydrogens is 328 g/mol. The van der Waals surface area contributed by atoms with Crippen LogP contribution in [0, 0.1) is 5.92 Å². The van der Waals surface area contributed by atoms with E-state index in [0.717, 1.165) is 40.8 Å². The molecule has 0 amide bonds. The van der Waals surface area contributed by atoms with Gasteiger partial charge in [-0.05, 0) is 30.0 Å². The number of rotatable bonds is 4. The van der Waals surface area contributed by atoms with E-state index in [-0.39, 0.29) is 5.38 Å². The van der Waals surface area contributed by atoms with Crippen LogP contribution in [-0.4, -0.2) is 13.2 Å². The summed E-state index contributed by atoms with van der Waals surface area (Å²) in [4.78, 5) is 0. The fraction of sp³-hybridized carbons (Fsp3) is 0.600. The van der Waals surface area contributed by atoms with Crippen molar-refractivity contribution >= 4 is 27.5 Å². The molecule has 0 aromatic heterocycles. The quantitative estimate of drug-likeness (QED) is 0.686. The molecule has 2 unspecified atom stereocenters. The van der Waals surface area contributed by atoms with Crippen LogP contribution in [-0.2, 0) is 0 Å². The van der Waals surface area contributed by atoms with Crippen molar-refractivity contribution in [2.75, 3.05) is 13.2 Å². The fourth-order valence-electron chi connectivity index (χ4n) is 2.32. The normalized spacial score (nSPS) is 17.7. The summed E-state index contributed by atoms with van der Waals surface area (Å²) in [6, 6.07) is 4.00. The highest BCUT2D eigenvalue weighted by Crippen LogP contribution is 2.42. The average molecular weight is 348 g/mol. The molecule has 4 heteroatoms. The second kappa shape index (κ2) is 6.85. The first-order chi connectivity index (χ1) is 9.13. The van der Waals surface area contributed by atoms with Crippen LogP contribution in [0.3, 0.4) is 0 Å². The molecule has 2 atom stereocenters. The molecule has 1 aliphatic heterocycles. The van der Waals surface area contributed by atoms with Crippen LogP contribution in [0.25, 0.3) is 0 Å². The van der Waals surface area contributed by atoms with Crippen molar-refractivity contribution in [2.24, 2.45) is 5.92 Å². The van der Waals surface area contributed by atoms with E-state index in [0.29, 0.717) is 19.1 Å². The zero-order valence-electron chi connectivity index (χ0n) is 11.4. The van der Waals surface area contributed by atoms with E-state index in [9.17, 15) is 0 Å². The van der Waals surface area contributed by atoms with Crippen LogP contribution in [0.2, 0.25) is 0 Å². The third kappa shape index (κ3) is 3.57. The Balaban J connectivity index is 2.28. The minimum atomic E-state index is -0.00789. The molecule has 0 bridgehead atoms. The first-order valence-corrected chi connectivity index (χ1v) is 8.09. The molecule has 0 saturated heterocycles. The summed E-state index contributed by atoms with van der Waals surface area (Å²) >= 11 is 10.2. The number of hydrogen-bond acceptors (Lipinski definition) is 2. The molecule has 0 fully saturated rings. The number of hydrogen-bond donors (Lipinski definition) is 0. The van der Waals surface area contributed by atoms with Crippen molar-refractivity contribution in [3.63, 3.8) is 0 Å². The van der Waals surface area contributed by atoms with Crippen molar-refractivity contribution in [3.8, 4) is 11.5 Å². The SMILES string of the molecule is CCCC(C)C(Cl)c1cc2c(cc1Br)OCCCO2. The Bertz CT molecular complexity index is 436. The zero-order valence-corrected chi connectivity index (χ0v) is 13.8. The maximum Gasteiger partial charge on any atom is 0.162 e. The van der Waals surface area contributed by atoms with Crippen LogP contribution < -0.4 is 9.47 Å². The first kappa shape index (κ1) is 15.0. The van der Waals surface area contributed by atoms with Crippen molar-refractivity contribution in [3.05, 3.63) is 22.2 Å². The van der Waals surface area contributed by atoms with E-state index in [4.69, 9.17) is 21.1 Å². The third-order valence-electron chi connectivity index (χ3n) is 3.41. The molecule has 0 radical (unpaired) electrons. The number of fused-ring (bicyclic) bond motifs is 1. The van der Waals surface area contributed by atoms with Gasteiger partial charge in [0.15, 0.2) is 11.5 Å². The Labute approximate surface area is 128 Å². The fourth-order valence-corrected chi connectivity index (χ4v) is 3.33. The molecule has 0 saturated carbocycles. The molecular formula is C15H20BrClO2. The van der Waals surface area contributed by atoms with Gasteiger partial charge >= 0.3 is 0 Å². The maximum absolute atomic E-state index is 6.60. The van der Waals surface area contributed by atoms with Crippen LogP contribution in [0.1, 0.15) is 44.1 Å². The summed E-state index contributed by atoms with van der Waals surface area (Å²) in [6.45, 7) is 5.78. The summed E-state index contributed by atoms with van der Waals surface area (Å²) in [5.74, 6) is 2.05. The van der Waals surface area contributed by atoms with Gasteiger partial charge in [-0.3, -0.25) is 0 Å². The Morgan fingerprint density at radius 2 is 1.89 bits per heavy atom. The van der Waals surface area contributed by atoms with E-state index >= 15 is 0 Å². The van der Waals surface area contributed by atoms with E-state index in [2.05, 4.69) is 29.8 Å². The summed E-state index contributed by atoms with van der Waals surface area (Å²) in [5, 5.41) is -0.00789. The van der Waals surface area contributed by atoms with Crippen molar-refractivity contribution < 1.29 is 9.47 Å². The predicted molar refractivity (Wildman–Crippen MR) is 82.4 cm³/mol. The maximum atomic E-state index is 6.60. The van der Waals surface area contributed by atoms with E-state index in [1.807, 2.05) is 12.1 Å². The summed E-state index contributed by atoms with van der Waals surface area (Å²) in [5.41, 5.74) is 1.09. The molecule has 1 aromatic rings. The highest BCUT2D eigenvalue weighted by molar-refractivity contribution is 9.10. The van der Waals surface area contributed by atoms with Crippen molar-refractivity contribution in [1.82, 2.24) is 0 Å². The van der Waals surface area contributed by atoms with E-state index in [1.165, 1.54) is 0 Å². The lowest BCUT2D eigenvalue weighted by Crippen LogP contribution is -2.05. The predicted octanol–water partition coefficient (Wildman–Crippen LogP) is 5.33. The average Bonchev–Trinajstić information content (AvgIpc) is 2.62. The van der Waals surface area contributed by atoms with Gasteiger partial charge in [-0.15, -0.1) is 11.6 Å². The summed E-state index contributed by atoms with van der Waals surface area (Å²) in [7, 11) is 0. The minimum Gasteiger partial charge on any atom is -0.490 e. The van der Waals surface area contributed by atoms with Gasteiger partial charge in [0.2, 0.25) is 0 Å². The van der Waals surface area contributed by atoms with Crippen molar-refractivity contribution in [1.29, 1.82) is 0 Å². The van der Waals surface area contributed by atoms with Crippen LogP contribution >= 0.6 is 27.5 Å². The first-order valence-electron chi connectivity index (χ1n) is 6.86. The molecule has 106 valence electrons. The van der Waals surface area contributed by atoms with Gasteiger partial charge in [-0.1, -0.05) is 36.2 Å². The molecule has 0 N–H and O–H groups in total. The molecule has 19 heavy (non-hydrogen) atoms. The van der Waals surface area contributed by atoms with Gasteiger partial charge in [0.05, 0.1) is 18.6 Å². The highest BCUT2D eigenvalue weighted by atomic mass is 79.9. The molecule has 1 heterocycles. The van der Waals surface area contributed by atoms with Gasteiger partial charge in [-0.2, -0.15) is 0 Å². The second-order valence-electron chi connectivity index (χ2n) is 5.04. The Kier molecular flexibility index (Phi) is 5.40. The molecule has 1 aromatic carbocycles. The Morgan fingerprint density at radius 3 is 2.53 bits per heavy atom. The van der Waals surface area contributed by atoms with Gasteiger partial charge in [-0.25, -0.2) is 0 Å². The third-order valence-corrected chi connectivity index (χ3v) is 4.76. The number of halogens is 2. The molecule has 2 nitrogen and oxygen atoms in total. The molecule has 1 aliphatic rings. The molecule has 2 rings (SSSR count). The van der Waals surface area contributed by atoms with Gasteiger partial charge < -0.3 is 9.47 Å². The minimum absolute atomic E-state index is 0.00789. The highest BCUT2D eigenvalue weighted by Gasteiger charge is 2.22. The van der Waals surface area contributed by atoms with Gasteiger partial charge in [0.1, 0.15) is 0 Å². The Morgan fingerprint density at radius 1 is 1.26 bits per heavy atom. The number of alkyl halides is 1. The van der Waals surface area contributed by atoms with Gasteiger partial charge in [0, 0.05) is 10.9 Å². The lowest BCUT2D eigenvalue weighted by Gasteiger charge is -2.20. The Hall–Kier alpha value is -0.410. The second-order valence-corrected chi connectivity index (χ2v) is 6.36. The standard InChI is InChI=1S/C15H20BrClO2/c1-3-5-10(2)15(17)11-8-13-14(9-12(11)16)19-7-4-6-18-13/h8-10,15H,3-7H2,1-2H3. The topological polar surface area (TPSA) is 18.5 Å². The van der Waals surface area contributed by atoms with E-state index < -0.39 is 0 Å². The number of ether oxygens (including phenoxy) is 2. The van der Waals surface area contributed by atoms with E-state index in [1.54, 1.807) is 0 Å². The molecule has 0 aliphatic carbocycles. The van der Waals surface area contributed by atoms with Crippen LogP contribution in [0.15, 0.2) is 16.6 Å². The van der Waals surface area contributed by atoms with Crippen LogP contribution in [0.4, 0.5) is 0 Å².